The second-order valence-corrected chi connectivity index (χ2v) is 9.53. The van der Waals surface area contributed by atoms with Gasteiger partial charge in [0.05, 0.1) is 11.8 Å². The molecule has 3 rings (SSSR count). The Morgan fingerprint density at radius 2 is 1.93 bits per heavy atom. The van der Waals surface area contributed by atoms with Gasteiger partial charge >= 0.3 is 0 Å². The molecule has 2 fully saturated rings. The second-order valence-electron chi connectivity index (χ2n) is 9.53. The number of halogens is 2. The van der Waals surface area contributed by atoms with Gasteiger partial charge in [-0.1, -0.05) is 26.0 Å². The van der Waals surface area contributed by atoms with Crippen molar-refractivity contribution in [1.82, 2.24) is 25.2 Å². The van der Waals surface area contributed by atoms with Crippen molar-refractivity contribution in [3.63, 3.8) is 0 Å². The van der Waals surface area contributed by atoms with Crippen LogP contribution < -0.4 is 5.32 Å². The molecule has 0 radical (unpaired) electrons. The first-order valence-corrected chi connectivity index (χ1v) is 10.4. The Labute approximate surface area is 175 Å². The van der Waals surface area contributed by atoms with Crippen LogP contribution in [0.3, 0.4) is 0 Å². The molecular formula is C20H31F2N5O3. The second kappa shape index (κ2) is 8.20. The van der Waals surface area contributed by atoms with E-state index in [2.05, 4.69) is 15.6 Å². The third kappa shape index (κ3) is 4.63. The molecule has 0 bridgehead atoms. The molecule has 30 heavy (non-hydrogen) atoms. The first-order chi connectivity index (χ1) is 13.9. The molecule has 8 nitrogen and oxygen atoms in total. The van der Waals surface area contributed by atoms with E-state index in [1.807, 2.05) is 20.8 Å². The van der Waals surface area contributed by atoms with Gasteiger partial charge in [-0.05, 0) is 18.3 Å². The molecule has 0 aromatic carbocycles. The minimum atomic E-state index is -2.62. The molecule has 1 saturated heterocycles. The number of β-amino-alcohol motifs (C(OH)–C–C–N with tert-alkyl or cyclic N) is 1. The Bertz CT molecular complexity index is 782. The summed E-state index contributed by atoms with van der Waals surface area (Å²) in [5.41, 5.74) is 0.0551. The van der Waals surface area contributed by atoms with Crippen molar-refractivity contribution in [3.05, 3.63) is 11.9 Å². The molecule has 2 heterocycles. The Balaban J connectivity index is 1.84. The Kier molecular flexibility index (Phi) is 6.18. The zero-order valence-electron chi connectivity index (χ0n) is 17.9. The van der Waals surface area contributed by atoms with Gasteiger partial charge in [-0.15, -0.1) is 5.10 Å². The zero-order valence-corrected chi connectivity index (χ0v) is 17.9. The number of aliphatic hydroxyl groups excluding tert-OH is 1. The van der Waals surface area contributed by atoms with Crippen molar-refractivity contribution in [3.8, 4) is 0 Å². The van der Waals surface area contributed by atoms with E-state index in [1.54, 1.807) is 6.20 Å². The number of nitrogens with zero attached hydrogens (tertiary/aromatic N) is 4. The van der Waals surface area contributed by atoms with Gasteiger partial charge in [0, 0.05) is 45.0 Å². The molecular weight excluding hydrogens is 396 g/mol. The Morgan fingerprint density at radius 3 is 2.50 bits per heavy atom. The lowest BCUT2D eigenvalue weighted by atomic mass is 9.84. The van der Waals surface area contributed by atoms with E-state index in [-0.39, 0.29) is 43.5 Å². The summed E-state index contributed by atoms with van der Waals surface area (Å²) in [4.78, 5) is 27.1. The number of likely N-dealkylation sites (N-methyl/N-ethyl adjacent to an activating group) is 1. The topological polar surface area (TPSA) is 100 Å². The van der Waals surface area contributed by atoms with Gasteiger partial charge in [0.2, 0.25) is 17.7 Å². The first-order valence-electron chi connectivity index (χ1n) is 10.4. The van der Waals surface area contributed by atoms with Crippen molar-refractivity contribution in [2.24, 2.45) is 5.41 Å². The molecule has 2 unspecified atom stereocenters. The highest BCUT2D eigenvalue weighted by Gasteiger charge is 2.45. The molecule has 10 heteroatoms. The third-order valence-electron chi connectivity index (χ3n) is 6.09. The van der Waals surface area contributed by atoms with Crippen molar-refractivity contribution in [2.75, 3.05) is 13.6 Å². The van der Waals surface area contributed by atoms with Crippen molar-refractivity contribution < 1.29 is 23.5 Å². The predicted molar refractivity (Wildman–Crippen MR) is 105 cm³/mol. The monoisotopic (exact) mass is 427 g/mol. The summed E-state index contributed by atoms with van der Waals surface area (Å²) in [6, 6.07) is -1.49. The van der Waals surface area contributed by atoms with Crippen LogP contribution in [-0.4, -0.2) is 68.5 Å². The van der Waals surface area contributed by atoms with Crippen LogP contribution in [0.25, 0.3) is 0 Å². The number of amides is 2. The van der Waals surface area contributed by atoms with Gasteiger partial charge in [0.15, 0.2) is 0 Å². The molecule has 2 amide bonds. The van der Waals surface area contributed by atoms with E-state index in [9.17, 15) is 23.5 Å². The van der Waals surface area contributed by atoms with E-state index in [0.29, 0.717) is 18.5 Å². The number of likely N-dealkylation sites (tertiary alicyclic amines) is 1. The van der Waals surface area contributed by atoms with Crippen LogP contribution in [-0.2, 0) is 9.59 Å². The van der Waals surface area contributed by atoms with E-state index in [0.717, 1.165) is 0 Å². The predicted octanol–water partition coefficient (Wildman–Crippen LogP) is 1.87. The Hall–Kier alpha value is -2.10. The van der Waals surface area contributed by atoms with Crippen LogP contribution in [0.5, 0.6) is 0 Å². The molecule has 1 aromatic heterocycles. The Morgan fingerprint density at radius 1 is 1.30 bits per heavy atom. The summed E-state index contributed by atoms with van der Waals surface area (Å²) in [6.07, 6.45) is 1.39. The molecule has 3 atom stereocenters. The van der Waals surface area contributed by atoms with Crippen molar-refractivity contribution in [2.45, 2.75) is 82.9 Å². The lowest BCUT2D eigenvalue weighted by molar-refractivity contribution is -0.144. The number of rotatable bonds is 4. The number of aromatic nitrogens is 3. The molecule has 1 aliphatic carbocycles. The van der Waals surface area contributed by atoms with Crippen molar-refractivity contribution >= 4 is 11.8 Å². The van der Waals surface area contributed by atoms with Gasteiger partial charge in [-0.2, -0.15) is 0 Å². The van der Waals surface area contributed by atoms with E-state index >= 15 is 0 Å². The molecule has 2 aliphatic rings. The average Bonchev–Trinajstić information content (AvgIpc) is 3.27. The maximum Gasteiger partial charge on any atom is 0.248 e. The van der Waals surface area contributed by atoms with E-state index < -0.39 is 29.5 Å². The van der Waals surface area contributed by atoms with Crippen LogP contribution in [0.4, 0.5) is 8.78 Å². The lowest BCUT2D eigenvalue weighted by Crippen LogP contribution is -2.49. The standard InChI is InChI=1S/C20H31F2N5O3/c1-19(2,3)16(18(30)26-10-13(28)9-15(26)17(29)23-4)27-11-14(24-25-27)12-5-7-20(21,22)8-6-12/h11-13,15-16,28H,5-10H2,1-4H3,(H,23,29)/t13?,15?,16-/m1/s1. The number of aliphatic hydroxyl groups is 1. The minimum absolute atomic E-state index is 0.0722. The number of alkyl halides is 2. The highest BCUT2D eigenvalue weighted by Crippen LogP contribution is 2.41. The number of hydrogen-bond acceptors (Lipinski definition) is 5. The van der Waals surface area contributed by atoms with Crippen LogP contribution in [0.15, 0.2) is 6.20 Å². The fraction of sp³-hybridized carbons (Fsp3) is 0.800. The van der Waals surface area contributed by atoms with Gasteiger partial charge in [0.25, 0.3) is 0 Å². The molecule has 2 N–H and O–H groups in total. The number of hydrogen-bond donors (Lipinski definition) is 2. The summed E-state index contributed by atoms with van der Waals surface area (Å²) in [6.45, 7) is 5.74. The summed E-state index contributed by atoms with van der Waals surface area (Å²) in [5.74, 6) is -3.38. The summed E-state index contributed by atoms with van der Waals surface area (Å²) in [7, 11) is 1.49. The highest BCUT2D eigenvalue weighted by atomic mass is 19.3. The first kappa shape index (κ1) is 22.6. The van der Waals surface area contributed by atoms with Gasteiger partial charge in [0.1, 0.15) is 12.1 Å². The summed E-state index contributed by atoms with van der Waals surface area (Å²) < 4.78 is 28.4. The number of nitrogens with one attached hydrogen (secondary N) is 1. The average molecular weight is 427 g/mol. The van der Waals surface area contributed by atoms with Crippen LogP contribution in [0.2, 0.25) is 0 Å². The van der Waals surface area contributed by atoms with E-state index in [4.69, 9.17) is 0 Å². The fourth-order valence-electron chi connectivity index (χ4n) is 4.45. The maximum atomic E-state index is 13.5. The quantitative estimate of drug-likeness (QED) is 0.764. The minimum Gasteiger partial charge on any atom is -0.391 e. The third-order valence-corrected chi connectivity index (χ3v) is 6.09. The van der Waals surface area contributed by atoms with Gasteiger partial charge in [-0.3, -0.25) is 9.59 Å². The fourth-order valence-corrected chi connectivity index (χ4v) is 4.45. The molecule has 1 aromatic rings. The summed E-state index contributed by atoms with van der Waals surface area (Å²) in [5, 5.41) is 21.0. The van der Waals surface area contributed by atoms with Crippen LogP contribution >= 0.6 is 0 Å². The smallest absolute Gasteiger partial charge is 0.248 e. The van der Waals surface area contributed by atoms with Crippen LogP contribution in [0, 0.1) is 5.41 Å². The van der Waals surface area contributed by atoms with Crippen molar-refractivity contribution in [1.29, 1.82) is 0 Å². The molecule has 1 saturated carbocycles. The molecule has 0 spiro atoms. The largest absolute Gasteiger partial charge is 0.391 e. The molecule has 168 valence electrons. The highest BCUT2D eigenvalue weighted by molar-refractivity contribution is 5.90. The maximum absolute atomic E-state index is 13.5. The SMILES string of the molecule is CNC(=O)C1CC(O)CN1C(=O)[C@@H](n1cc(C2CCC(F)(F)CC2)nn1)C(C)(C)C. The lowest BCUT2D eigenvalue weighted by Gasteiger charge is -2.34. The van der Waals surface area contributed by atoms with Gasteiger partial charge in [-0.25, -0.2) is 13.5 Å². The van der Waals surface area contributed by atoms with Gasteiger partial charge < -0.3 is 15.3 Å². The zero-order chi connectivity index (χ0) is 22.3. The van der Waals surface area contributed by atoms with E-state index in [1.165, 1.54) is 16.6 Å². The number of carbonyl (C=O) groups excluding carboxylic acids is 2. The van der Waals surface area contributed by atoms with Crippen LogP contribution in [0.1, 0.15) is 70.5 Å². The summed E-state index contributed by atoms with van der Waals surface area (Å²) >= 11 is 0. The number of carbonyl (C=O) groups is 2. The normalized spacial score (nSPS) is 25.9. The molecule has 1 aliphatic heterocycles.